The van der Waals surface area contributed by atoms with Gasteiger partial charge in [-0.2, -0.15) is 4.98 Å². The maximum absolute atomic E-state index is 13.4. The molecule has 0 radical (unpaired) electrons. The SMILES string of the molecule is CC(=O)Nc1cccc(Nc2ncnc(N3CCC(OCc4cc(F)cc(F)c4)CC3)n2)c1C. The standard InChI is InChI=1S/C24H26F2N6O2/c1-15-21(29-16(2)33)4-3-5-22(15)30-23-27-14-28-24(31-23)32-8-6-20(7-9-32)34-13-17-10-18(25)12-19(26)11-17/h3-5,10-12,14,20H,6-9,13H2,1-2H3,(H,29,33)(H,27,28,30,31). The number of hydrogen-bond donors (Lipinski definition) is 2. The van der Waals surface area contributed by atoms with E-state index >= 15 is 0 Å². The highest BCUT2D eigenvalue weighted by atomic mass is 19.1. The van der Waals surface area contributed by atoms with Gasteiger partial charge in [-0.05, 0) is 55.2 Å². The molecule has 1 aliphatic rings. The molecule has 0 unspecified atom stereocenters. The Morgan fingerprint density at radius 1 is 1.12 bits per heavy atom. The van der Waals surface area contributed by atoms with Crippen molar-refractivity contribution in [2.24, 2.45) is 0 Å². The minimum absolute atomic E-state index is 0.0128. The highest BCUT2D eigenvalue weighted by molar-refractivity contribution is 5.90. The Labute approximate surface area is 196 Å². The van der Waals surface area contributed by atoms with Gasteiger partial charge >= 0.3 is 0 Å². The third kappa shape index (κ3) is 6.02. The second-order valence-corrected chi connectivity index (χ2v) is 8.17. The van der Waals surface area contributed by atoms with Crippen LogP contribution in [-0.4, -0.2) is 40.1 Å². The molecule has 0 bridgehead atoms. The maximum atomic E-state index is 13.4. The number of ether oxygens (including phenoxy) is 1. The summed E-state index contributed by atoms with van der Waals surface area (Å²) >= 11 is 0. The molecule has 0 aliphatic carbocycles. The molecule has 10 heteroatoms. The lowest BCUT2D eigenvalue weighted by atomic mass is 10.1. The van der Waals surface area contributed by atoms with Crippen LogP contribution in [0.5, 0.6) is 0 Å². The lowest BCUT2D eigenvalue weighted by Gasteiger charge is -2.32. The second-order valence-electron chi connectivity index (χ2n) is 8.17. The van der Waals surface area contributed by atoms with Crippen LogP contribution in [0, 0.1) is 18.6 Å². The first kappa shape index (κ1) is 23.5. The van der Waals surface area contributed by atoms with E-state index in [0.717, 1.165) is 35.8 Å². The van der Waals surface area contributed by atoms with Crippen molar-refractivity contribution in [3.05, 3.63) is 65.5 Å². The molecule has 34 heavy (non-hydrogen) atoms. The average molecular weight is 469 g/mol. The number of piperidine rings is 1. The molecule has 1 fully saturated rings. The molecule has 2 heterocycles. The largest absolute Gasteiger partial charge is 0.373 e. The van der Waals surface area contributed by atoms with E-state index in [4.69, 9.17) is 4.74 Å². The molecule has 0 spiro atoms. The maximum Gasteiger partial charge on any atom is 0.232 e. The predicted octanol–water partition coefficient (Wildman–Crippen LogP) is 4.35. The monoisotopic (exact) mass is 468 g/mol. The van der Waals surface area contributed by atoms with Crippen molar-refractivity contribution >= 4 is 29.2 Å². The summed E-state index contributed by atoms with van der Waals surface area (Å²) in [5, 5.41) is 6.00. The number of nitrogens with zero attached hydrogens (tertiary/aromatic N) is 4. The van der Waals surface area contributed by atoms with E-state index in [2.05, 4.69) is 30.5 Å². The topological polar surface area (TPSA) is 92.3 Å². The van der Waals surface area contributed by atoms with E-state index in [0.29, 0.717) is 30.5 Å². The summed E-state index contributed by atoms with van der Waals surface area (Å²) in [6.07, 6.45) is 2.92. The van der Waals surface area contributed by atoms with Crippen molar-refractivity contribution in [1.29, 1.82) is 0 Å². The van der Waals surface area contributed by atoms with Crippen LogP contribution in [0.4, 0.5) is 32.1 Å². The van der Waals surface area contributed by atoms with Crippen LogP contribution in [0.3, 0.4) is 0 Å². The number of benzene rings is 2. The van der Waals surface area contributed by atoms with Crippen molar-refractivity contribution in [3.8, 4) is 0 Å². The molecule has 2 N–H and O–H groups in total. The van der Waals surface area contributed by atoms with Crippen LogP contribution in [0.1, 0.15) is 30.9 Å². The molecular weight excluding hydrogens is 442 g/mol. The van der Waals surface area contributed by atoms with E-state index in [-0.39, 0.29) is 18.6 Å². The van der Waals surface area contributed by atoms with Crippen molar-refractivity contribution in [1.82, 2.24) is 15.0 Å². The van der Waals surface area contributed by atoms with Crippen LogP contribution in [-0.2, 0) is 16.1 Å². The lowest BCUT2D eigenvalue weighted by molar-refractivity contribution is -0.114. The number of rotatable bonds is 7. The molecule has 1 aromatic heterocycles. The van der Waals surface area contributed by atoms with Crippen molar-refractivity contribution in [2.75, 3.05) is 28.6 Å². The average Bonchev–Trinajstić information content (AvgIpc) is 2.80. The van der Waals surface area contributed by atoms with Crippen molar-refractivity contribution < 1.29 is 18.3 Å². The first-order valence-corrected chi connectivity index (χ1v) is 11.0. The highest BCUT2D eigenvalue weighted by Gasteiger charge is 2.22. The normalized spacial score (nSPS) is 14.2. The molecule has 0 saturated carbocycles. The highest BCUT2D eigenvalue weighted by Crippen LogP contribution is 2.26. The summed E-state index contributed by atoms with van der Waals surface area (Å²) in [5.74, 6) is -0.397. The van der Waals surface area contributed by atoms with Crippen LogP contribution < -0.4 is 15.5 Å². The van der Waals surface area contributed by atoms with Gasteiger partial charge in [0, 0.05) is 37.5 Å². The number of halogens is 2. The Bertz CT molecular complexity index is 1150. The molecule has 1 amide bonds. The molecule has 0 atom stereocenters. The van der Waals surface area contributed by atoms with Gasteiger partial charge in [0.2, 0.25) is 17.8 Å². The van der Waals surface area contributed by atoms with Crippen LogP contribution in [0.25, 0.3) is 0 Å². The summed E-state index contributed by atoms with van der Waals surface area (Å²) in [6.45, 7) is 4.90. The number of hydrogen-bond acceptors (Lipinski definition) is 7. The molecule has 2 aromatic carbocycles. The van der Waals surface area contributed by atoms with Crippen molar-refractivity contribution in [2.45, 2.75) is 39.4 Å². The Morgan fingerprint density at radius 2 is 1.82 bits per heavy atom. The number of carbonyl (C=O) groups is 1. The smallest absolute Gasteiger partial charge is 0.232 e. The first-order valence-electron chi connectivity index (χ1n) is 11.0. The Kier molecular flexibility index (Phi) is 7.27. The Morgan fingerprint density at radius 3 is 2.53 bits per heavy atom. The Hall–Kier alpha value is -3.66. The first-order chi connectivity index (χ1) is 16.4. The van der Waals surface area contributed by atoms with Crippen molar-refractivity contribution in [3.63, 3.8) is 0 Å². The fourth-order valence-corrected chi connectivity index (χ4v) is 3.85. The van der Waals surface area contributed by atoms with Gasteiger partial charge in [0.15, 0.2) is 0 Å². The third-order valence-electron chi connectivity index (χ3n) is 5.58. The van der Waals surface area contributed by atoms with Gasteiger partial charge < -0.3 is 20.3 Å². The number of nitrogens with one attached hydrogen (secondary N) is 2. The van der Waals surface area contributed by atoms with Gasteiger partial charge in [-0.3, -0.25) is 4.79 Å². The van der Waals surface area contributed by atoms with E-state index < -0.39 is 11.6 Å². The summed E-state index contributed by atoms with van der Waals surface area (Å²) in [7, 11) is 0. The summed E-state index contributed by atoms with van der Waals surface area (Å²) in [4.78, 5) is 26.5. The molecule has 1 saturated heterocycles. The molecular formula is C24H26F2N6O2. The zero-order valence-corrected chi connectivity index (χ0v) is 19.0. The Balaban J connectivity index is 1.34. The quantitative estimate of drug-likeness (QED) is 0.533. The number of amides is 1. The summed E-state index contributed by atoms with van der Waals surface area (Å²) < 4.78 is 32.6. The molecule has 8 nitrogen and oxygen atoms in total. The number of anilines is 4. The molecule has 178 valence electrons. The summed E-state index contributed by atoms with van der Waals surface area (Å²) in [5.41, 5.74) is 2.85. The minimum Gasteiger partial charge on any atom is -0.373 e. The van der Waals surface area contributed by atoms with E-state index in [1.54, 1.807) is 0 Å². The van der Waals surface area contributed by atoms with Gasteiger partial charge in [-0.25, -0.2) is 18.7 Å². The number of carbonyl (C=O) groups excluding carboxylic acids is 1. The van der Waals surface area contributed by atoms with Crippen LogP contribution in [0.2, 0.25) is 0 Å². The minimum atomic E-state index is -0.607. The van der Waals surface area contributed by atoms with Crippen LogP contribution in [0.15, 0.2) is 42.7 Å². The zero-order chi connectivity index (χ0) is 24.1. The van der Waals surface area contributed by atoms with E-state index in [1.165, 1.54) is 25.4 Å². The van der Waals surface area contributed by atoms with Crippen LogP contribution >= 0.6 is 0 Å². The molecule has 3 aromatic rings. The molecule has 1 aliphatic heterocycles. The third-order valence-corrected chi connectivity index (χ3v) is 5.58. The van der Waals surface area contributed by atoms with Gasteiger partial charge in [0.25, 0.3) is 0 Å². The molecule has 4 rings (SSSR count). The summed E-state index contributed by atoms with van der Waals surface area (Å²) in [6, 6.07) is 8.97. The number of aromatic nitrogens is 3. The predicted molar refractivity (Wildman–Crippen MR) is 125 cm³/mol. The van der Waals surface area contributed by atoms with E-state index in [9.17, 15) is 13.6 Å². The second kappa shape index (κ2) is 10.5. The van der Waals surface area contributed by atoms with Gasteiger partial charge in [-0.1, -0.05) is 6.07 Å². The lowest BCUT2D eigenvalue weighted by Crippen LogP contribution is -2.38. The fraction of sp³-hybridized carbons (Fsp3) is 0.333. The van der Waals surface area contributed by atoms with Gasteiger partial charge in [0.1, 0.15) is 18.0 Å². The van der Waals surface area contributed by atoms with Gasteiger partial charge in [-0.15, -0.1) is 0 Å². The van der Waals surface area contributed by atoms with Gasteiger partial charge in [0.05, 0.1) is 12.7 Å². The zero-order valence-electron chi connectivity index (χ0n) is 19.0. The van der Waals surface area contributed by atoms with E-state index in [1.807, 2.05) is 25.1 Å². The fourth-order valence-electron chi connectivity index (χ4n) is 3.85.